The molecule has 0 fully saturated rings. The van der Waals surface area contributed by atoms with Crippen LogP contribution in [0, 0.1) is 0 Å². The maximum Gasteiger partial charge on any atom is 0.264 e. The largest absolute Gasteiger partial charge is 0.494 e. The van der Waals surface area contributed by atoms with Crippen LogP contribution in [0.5, 0.6) is 11.5 Å². The quantitative estimate of drug-likeness (QED) is 0.841. The second-order valence-electron chi connectivity index (χ2n) is 5.34. The molecule has 0 saturated carbocycles. The van der Waals surface area contributed by atoms with Crippen molar-refractivity contribution in [1.82, 2.24) is 4.98 Å². The van der Waals surface area contributed by atoms with Crippen molar-refractivity contribution < 1.29 is 14.3 Å². The van der Waals surface area contributed by atoms with Gasteiger partial charge in [0.1, 0.15) is 11.5 Å². The van der Waals surface area contributed by atoms with Crippen molar-refractivity contribution in [2.45, 2.75) is 32.6 Å². The molecule has 0 unspecified atom stereocenters. The fourth-order valence-electron chi connectivity index (χ4n) is 2.51. The van der Waals surface area contributed by atoms with Gasteiger partial charge >= 0.3 is 0 Å². The predicted octanol–water partition coefficient (Wildman–Crippen LogP) is 3.86. The van der Waals surface area contributed by atoms with Crippen molar-refractivity contribution in [3.8, 4) is 11.5 Å². The summed E-state index contributed by atoms with van der Waals surface area (Å²) in [6.45, 7) is 2.53. The van der Waals surface area contributed by atoms with Gasteiger partial charge in [-0.15, -0.1) is 23.7 Å². The summed E-state index contributed by atoms with van der Waals surface area (Å²) in [6, 6.07) is 7.23. The van der Waals surface area contributed by atoms with Gasteiger partial charge < -0.3 is 9.47 Å². The monoisotopic (exact) mass is 368 g/mol. The van der Waals surface area contributed by atoms with Gasteiger partial charge in [-0.25, -0.2) is 4.98 Å². The van der Waals surface area contributed by atoms with Crippen molar-refractivity contribution in [2.75, 3.05) is 18.5 Å². The number of halogens is 1. The maximum absolute atomic E-state index is 12.0. The third-order valence-corrected chi connectivity index (χ3v) is 4.67. The molecular weight excluding hydrogens is 348 g/mol. The number of aryl methyl sites for hydroxylation is 2. The molecule has 0 spiro atoms. The first-order valence-electron chi connectivity index (χ1n) is 7.88. The average Bonchev–Trinajstić information content (AvgIpc) is 2.96. The van der Waals surface area contributed by atoms with E-state index < -0.39 is 0 Å². The first-order valence-corrected chi connectivity index (χ1v) is 8.70. The molecule has 130 valence electrons. The Balaban J connectivity index is 0.00000208. The topological polar surface area (TPSA) is 60.5 Å². The van der Waals surface area contributed by atoms with E-state index in [0.717, 1.165) is 24.3 Å². The Morgan fingerprint density at radius 2 is 1.83 bits per heavy atom. The van der Waals surface area contributed by atoms with Gasteiger partial charge in [-0.2, -0.15) is 0 Å². The number of hydrogen-bond acceptors (Lipinski definition) is 5. The van der Waals surface area contributed by atoms with Crippen molar-refractivity contribution >= 4 is 34.8 Å². The number of carbonyl (C=O) groups is 1. The van der Waals surface area contributed by atoms with Crippen LogP contribution in [-0.4, -0.2) is 24.1 Å². The number of thiazole rings is 1. The summed E-state index contributed by atoms with van der Waals surface area (Å²) in [5.74, 6) is 1.24. The van der Waals surface area contributed by atoms with Crippen LogP contribution in [-0.2, 0) is 17.6 Å². The van der Waals surface area contributed by atoms with Gasteiger partial charge in [0.25, 0.3) is 5.91 Å². The number of fused-ring (bicyclic) bond motifs is 1. The first kappa shape index (κ1) is 18.5. The smallest absolute Gasteiger partial charge is 0.264 e. The predicted molar refractivity (Wildman–Crippen MR) is 97.7 cm³/mol. The zero-order valence-corrected chi connectivity index (χ0v) is 15.2. The van der Waals surface area contributed by atoms with Crippen LogP contribution >= 0.6 is 23.7 Å². The number of ether oxygens (including phenoxy) is 2. The second kappa shape index (κ2) is 8.89. The lowest BCUT2D eigenvalue weighted by Crippen LogP contribution is -2.20. The minimum atomic E-state index is -0.190. The molecule has 0 saturated heterocycles. The van der Waals surface area contributed by atoms with E-state index in [0.29, 0.717) is 17.5 Å². The molecule has 1 aliphatic carbocycles. The number of amides is 1. The van der Waals surface area contributed by atoms with Crippen LogP contribution in [0.4, 0.5) is 5.13 Å². The summed E-state index contributed by atoms with van der Waals surface area (Å²) in [7, 11) is 0. The van der Waals surface area contributed by atoms with Crippen molar-refractivity contribution in [1.29, 1.82) is 0 Å². The van der Waals surface area contributed by atoms with Crippen molar-refractivity contribution in [2.24, 2.45) is 0 Å². The van der Waals surface area contributed by atoms with Crippen LogP contribution in [0.25, 0.3) is 0 Å². The molecule has 3 rings (SSSR count). The second-order valence-corrected chi connectivity index (χ2v) is 6.42. The number of rotatable bonds is 6. The minimum Gasteiger partial charge on any atom is -0.494 e. The lowest BCUT2D eigenvalue weighted by Gasteiger charge is -2.07. The van der Waals surface area contributed by atoms with Crippen LogP contribution in [0.1, 0.15) is 30.3 Å². The summed E-state index contributed by atoms with van der Waals surface area (Å²) >= 11 is 1.58. The molecule has 0 bridgehead atoms. The molecule has 2 aromatic rings. The highest BCUT2D eigenvalue weighted by atomic mass is 35.5. The van der Waals surface area contributed by atoms with Gasteiger partial charge in [0.2, 0.25) is 0 Å². The number of nitrogens with zero attached hydrogens (tertiary/aromatic N) is 1. The van der Waals surface area contributed by atoms with Crippen molar-refractivity contribution in [3.63, 3.8) is 0 Å². The minimum absolute atomic E-state index is 0. The van der Waals surface area contributed by atoms with E-state index in [1.54, 1.807) is 23.5 Å². The van der Waals surface area contributed by atoms with Crippen LogP contribution < -0.4 is 14.8 Å². The van der Waals surface area contributed by atoms with Gasteiger partial charge in [0, 0.05) is 4.88 Å². The Morgan fingerprint density at radius 1 is 1.17 bits per heavy atom. The van der Waals surface area contributed by atoms with Gasteiger partial charge in [-0.05, 0) is 56.9 Å². The van der Waals surface area contributed by atoms with Crippen LogP contribution in [0.3, 0.4) is 0 Å². The highest BCUT2D eigenvalue weighted by Crippen LogP contribution is 2.29. The molecule has 7 heteroatoms. The molecule has 0 radical (unpaired) electrons. The molecule has 1 aromatic carbocycles. The zero-order chi connectivity index (χ0) is 16.1. The SMILES string of the molecule is CCOc1ccc(OCC(=O)Nc2nc3c(s2)CCCC3)cc1.Cl. The standard InChI is InChI=1S/C17H20N2O3S.ClH/c1-2-21-12-7-9-13(10-8-12)22-11-16(20)19-17-18-14-5-3-4-6-15(14)23-17;/h7-10H,2-6,11H2,1H3,(H,18,19,20);1H. The Bertz CT molecular complexity index is 649. The van der Waals surface area contributed by atoms with Gasteiger partial charge in [0.15, 0.2) is 11.7 Å². The normalized spacial score (nSPS) is 12.7. The third kappa shape index (κ3) is 4.85. The van der Waals surface area contributed by atoms with Gasteiger partial charge in [0.05, 0.1) is 12.3 Å². The van der Waals surface area contributed by atoms with E-state index in [9.17, 15) is 4.79 Å². The Kier molecular flexibility index (Phi) is 6.87. The van der Waals surface area contributed by atoms with Gasteiger partial charge in [-0.3, -0.25) is 10.1 Å². The molecule has 24 heavy (non-hydrogen) atoms. The molecule has 1 N–H and O–H groups in total. The molecule has 0 aliphatic heterocycles. The van der Waals surface area contributed by atoms with Gasteiger partial charge in [-0.1, -0.05) is 0 Å². The van der Waals surface area contributed by atoms with Crippen LogP contribution in [0.2, 0.25) is 0 Å². The first-order chi connectivity index (χ1) is 11.2. The molecule has 1 aliphatic rings. The Morgan fingerprint density at radius 3 is 2.50 bits per heavy atom. The van der Waals surface area contributed by atoms with E-state index in [1.165, 1.54) is 17.7 Å². The van der Waals surface area contributed by atoms with E-state index in [1.807, 2.05) is 19.1 Å². The maximum atomic E-state index is 12.0. The summed E-state index contributed by atoms with van der Waals surface area (Å²) in [6.07, 6.45) is 4.49. The number of benzene rings is 1. The molecule has 1 amide bonds. The fraction of sp³-hybridized carbons (Fsp3) is 0.412. The molecule has 1 aromatic heterocycles. The lowest BCUT2D eigenvalue weighted by molar-refractivity contribution is -0.118. The van der Waals surface area contributed by atoms with E-state index >= 15 is 0 Å². The summed E-state index contributed by atoms with van der Waals surface area (Å²) in [5, 5.41) is 3.50. The van der Waals surface area contributed by atoms with E-state index in [2.05, 4.69) is 10.3 Å². The molecule has 1 heterocycles. The zero-order valence-electron chi connectivity index (χ0n) is 13.5. The Hall–Kier alpha value is -1.79. The highest BCUT2D eigenvalue weighted by Gasteiger charge is 2.16. The molecule has 5 nitrogen and oxygen atoms in total. The van der Waals surface area contributed by atoms with Crippen LogP contribution in [0.15, 0.2) is 24.3 Å². The summed E-state index contributed by atoms with van der Waals surface area (Å²) < 4.78 is 10.8. The number of aromatic nitrogens is 1. The average molecular weight is 369 g/mol. The van der Waals surface area contributed by atoms with E-state index in [-0.39, 0.29) is 24.9 Å². The number of nitrogens with one attached hydrogen (secondary N) is 1. The Labute approximate surface area is 151 Å². The van der Waals surface area contributed by atoms with E-state index in [4.69, 9.17) is 9.47 Å². The third-order valence-electron chi connectivity index (χ3n) is 3.60. The number of hydrogen-bond donors (Lipinski definition) is 1. The highest BCUT2D eigenvalue weighted by molar-refractivity contribution is 7.15. The fourth-order valence-corrected chi connectivity index (χ4v) is 3.57. The number of anilines is 1. The molecular formula is C17H21ClN2O3S. The lowest BCUT2D eigenvalue weighted by atomic mass is 10.0. The summed E-state index contributed by atoms with van der Waals surface area (Å²) in [5.41, 5.74) is 1.14. The van der Waals surface area contributed by atoms with Crippen molar-refractivity contribution in [3.05, 3.63) is 34.8 Å². The molecule has 0 atom stereocenters. The summed E-state index contributed by atoms with van der Waals surface area (Å²) in [4.78, 5) is 17.8. The number of carbonyl (C=O) groups excluding carboxylic acids is 1.